The molecule has 6 nitrogen and oxygen atoms in total. The predicted molar refractivity (Wildman–Crippen MR) is 46.9 cm³/mol. The van der Waals surface area contributed by atoms with Crippen LogP contribution < -0.4 is 17.3 Å². The van der Waals surface area contributed by atoms with Gasteiger partial charge in [0.05, 0.1) is 11.7 Å². The molecule has 2 aromatic heterocycles. The fraction of sp³-hybridized carbons (Fsp3) is 0.167. The summed E-state index contributed by atoms with van der Waals surface area (Å²) in [6.45, 7) is 1.87. The first kappa shape index (κ1) is 6.84. The molecule has 0 spiro atoms. The molecule has 0 radical (unpaired) electrons. The van der Waals surface area contributed by atoms with Crippen LogP contribution in [0.3, 0.4) is 0 Å². The van der Waals surface area contributed by atoms with E-state index in [-0.39, 0.29) is 0 Å². The van der Waals surface area contributed by atoms with E-state index in [0.29, 0.717) is 11.8 Å². The van der Waals surface area contributed by atoms with Crippen molar-refractivity contribution in [3.8, 4) is 0 Å². The molecule has 2 rings (SSSR count). The fourth-order valence-corrected chi connectivity index (χ4v) is 1.25. The van der Waals surface area contributed by atoms with Crippen molar-refractivity contribution in [1.29, 1.82) is 0 Å². The van der Waals surface area contributed by atoms with Gasteiger partial charge in [0, 0.05) is 5.56 Å². The van der Waals surface area contributed by atoms with Crippen LogP contribution in [0.4, 0.5) is 11.8 Å². The second-order valence-electron chi connectivity index (χ2n) is 2.67. The number of anilines is 2. The third kappa shape index (κ3) is 0.565. The van der Waals surface area contributed by atoms with Crippen LogP contribution in [-0.2, 0) is 0 Å². The molecule has 0 saturated heterocycles. The Morgan fingerprint density at radius 3 is 2.67 bits per heavy atom. The maximum Gasteiger partial charge on any atom is 0.221 e. The van der Waals surface area contributed by atoms with Crippen molar-refractivity contribution >= 4 is 17.3 Å². The first-order valence-electron chi connectivity index (χ1n) is 3.48. The van der Waals surface area contributed by atoms with Crippen molar-refractivity contribution in [1.82, 2.24) is 14.3 Å². The summed E-state index contributed by atoms with van der Waals surface area (Å²) >= 11 is 0. The average molecular weight is 166 g/mol. The molecule has 6 heteroatoms. The minimum absolute atomic E-state index is 0.340. The summed E-state index contributed by atoms with van der Waals surface area (Å²) in [5, 5.41) is 0. The van der Waals surface area contributed by atoms with E-state index in [1.165, 1.54) is 4.79 Å². The Labute approximate surface area is 68.5 Å². The number of aryl methyl sites for hydroxylation is 1. The predicted octanol–water partition coefficient (Wildman–Crippen LogP) is -0.678. The van der Waals surface area contributed by atoms with Gasteiger partial charge in [-0.2, -0.15) is 9.31 Å². The highest BCUT2D eigenvalue weighted by Gasteiger charge is 2.11. The van der Waals surface area contributed by atoms with Gasteiger partial charge in [-0.3, -0.25) is 0 Å². The van der Waals surface area contributed by atoms with E-state index in [0.717, 1.165) is 11.1 Å². The first-order chi connectivity index (χ1) is 5.63. The Kier molecular flexibility index (Phi) is 1.05. The van der Waals surface area contributed by atoms with Crippen molar-refractivity contribution in [2.75, 3.05) is 17.3 Å². The zero-order chi connectivity index (χ0) is 8.88. The minimum Gasteiger partial charge on any atom is -0.382 e. The first-order valence-corrected chi connectivity index (χ1v) is 3.48. The number of hydrogen-bond acceptors (Lipinski definition) is 4. The standard InChI is InChI=1S/C6H10N6/c1-3-4-2-10-6(8)11(4)12(9)5(3)7/h2H,7,9H2,1H3,(H2,8,10). The highest BCUT2D eigenvalue weighted by Crippen LogP contribution is 2.19. The molecular weight excluding hydrogens is 156 g/mol. The van der Waals surface area contributed by atoms with Crippen LogP contribution in [-0.4, -0.2) is 14.3 Å². The molecular formula is C6H10N6. The van der Waals surface area contributed by atoms with Gasteiger partial charge in [0.25, 0.3) is 0 Å². The van der Waals surface area contributed by atoms with Gasteiger partial charge in [-0.1, -0.05) is 0 Å². The zero-order valence-electron chi connectivity index (χ0n) is 6.65. The number of nitrogens with two attached hydrogens (primary N) is 3. The molecule has 2 heterocycles. The summed E-state index contributed by atoms with van der Waals surface area (Å²) in [5.41, 5.74) is 12.9. The van der Waals surface area contributed by atoms with Gasteiger partial charge >= 0.3 is 0 Å². The van der Waals surface area contributed by atoms with Gasteiger partial charge < -0.3 is 17.3 Å². The van der Waals surface area contributed by atoms with E-state index in [1.54, 1.807) is 10.7 Å². The highest BCUT2D eigenvalue weighted by atomic mass is 15.6. The maximum atomic E-state index is 5.66. The van der Waals surface area contributed by atoms with Gasteiger partial charge in [0.15, 0.2) is 0 Å². The fourth-order valence-electron chi connectivity index (χ4n) is 1.25. The molecule has 0 bridgehead atoms. The van der Waals surface area contributed by atoms with Crippen LogP contribution in [0.1, 0.15) is 5.56 Å². The zero-order valence-corrected chi connectivity index (χ0v) is 6.65. The largest absolute Gasteiger partial charge is 0.382 e. The summed E-state index contributed by atoms with van der Waals surface area (Å²) in [5.74, 6) is 6.46. The molecule has 0 aromatic carbocycles. The summed E-state index contributed by atoms with van der Waals surface area (Å²) in [6, 6.07) is 0. The third-order valence-electron chi connectivity index (χ3n) is 2.00. The number of nitrogen functional groups attached to an aromatic ring is 3. The Morgan fingerprint density at radius 2 is 2.08 bits per heavy atom. The van der Waals surface area contributed by atoms with Gasteiger partial charge in [0.2, 0.25) is 5.95 Å². The molecule has 12 heavy (non-hydrogen) atoms. The minimum atomic E-state index is 0.340. The van der Waals surface area contributed by atoms with Crippen molar-refractivity contribution in [3.63, 3.8) is 0 Å². The highest BCUT2D eigenvalue weighted by molar-refractivity contribution is 5.65. The Morgan fingerprint density at radius 1 is 1.42 bits per heavy atom. The Bertz CT molecular complexity index is 436. The third-order valence-corrected chi connectivity index (χ3v) is 2.00. The topological polar surface area (TPSA) is 100 Å². The lowest BCUT2D eigenvalue weighted by Gasteiger charge is -1.99. The number of imidazole rings is 1. The molecule has 0 aliphatic heterocycles. The average Bonchev–Trinajstić information content (AvgIpc) is 2.51. The van der Waals surface area contributed by atoms with Gasteiger partial charge in [-0.15, -0.1) is 0 Å². The maximum absolute atomic E-state index is 5.66. The lowest BCUT2D eigenvalue weighted by Crippen LogP contribution is -2.18. The van der Waals surface area contributed by atoms with Gasteiger partial charge in [-0.25, -0.2) is 4.98 Å². The van der Waals surface area contributed by atoms with Crippen LogP contribution >= 0.6 is 0 Å². The van der Waals surface area contributed by atoms with Crippen LogP contribution in [0, 0.1) is 6.92 Å². The van der Waals surface area contributed by atoms with Gasteiger partial charge in [0.1, 0.15) is 5.82 Å². The van der Waals surface area contributed by atoms with E-state index in [4.69, 9.17) is 17.3 Å². The normalized spacial score (nSPS) is 11.1. The Balaban J connectivity index is 3.01. The monoisotopic (exact) mass is 166 g/mol. The number of hydrogen-bond donors (Lipinski definition) is 3. The van der Waals surface area contributed by atoms with E-state index < -0.39 is 0 Å². The smallest absolute Gasteiger partial charge is 0.221 e. The Hall–Kier alpha value is -1.85. The summed E-state index contributed by atoms with van der Waals surface area (Å²) in [4.78, 5) is 5.19. The summed E-state index contributed by atoms with van der Waals surface area (Å²) < 4.78 is 1.56. The van der Waals surface area contributed by atoms with Crippen molar-refractivity contribution in [3.05, 3.63) is 11.8 Å². The van der Waals surface area contributed by atoms with Crippen molar-refractivity contribution in [2.45, 2.75) is 6.92 Å². The van der Waals surface area contributed by atoms with E-state index in [1.807, 2.05) is 6.92 Å². The second kappa shape index (κ2) is 1.84. The van der Waals surface area contributed by atoms with E-state index in [2.05, 4.69) is 4.98 Å². The van der Waals surface area contributed by atoms with Crippen LogP contribution in [0.25, 0.3) is 5.52 Å². The summed E-state index contributed by atoms with van der Waals surface area (Å²) in [7, 11) is 0. The molecule has 0 saturated carbocycles. The molecule has 0 amide bonds. The van der Waals surface area contributed by atoms with E-state index >= 15 is 0 Å². The van der Waals surface area contributed by atoms with Crippen LogP contribution in [0.5, 0.6) is 0 Å². The summed E-state index contributed by atoms with van der Waals surface area (Å²) in [6.07, 6.45) is 1.64. The van der Waals surface area contributed by atoms with E-state index in [9.17, 15) is 0 Å². The lowest BCUT2D eigenvalue weighted by molar-refractivity contribution is 0.776. The molecule has 64 valence electrons. The number of fused-ring (bicyclic) bond motifs is 1. The quantitative estimate of drug-likeness (QED) is 0.451. The van der Waals surface area contributed by atoms with Gasteiger partial charge in [-0.05, 0) is 6.92 Å². The molecule has 0 aliphatic rings. The number of nitrogens with zero attached hydrogens (tertiary/aromatic N) is 3. The molecule has 6 N–H and O–H groups in total. The SMILES string of the molecule is Cc1c(N)n(N)n2c(N)ncc12. The number of aromatic nitrogens is 3. The molecule has 0 aliphatic carbocycles. The van der Waals surface area contributed by atoms with Crippen molar-refractivity contribution in [2.24, 2.45) is 0 Å². The van der Waals surface area contributed by atoms with Crippen LogP contribution in [0.2, 0.25) is 0 Å². The molecule has 2 aromatic rings. The van der Waals surface area contributed by atoms with Crippen LogP contribution in [0.15, 0.2) is 6.20 Å². The number of rotatable bonds is 0. The molecule has 0 fully saturated rings. The van der Waals surface area contributed by atoms with Crippen molar-refractivity contribution < 1.29 is 0 Å². The second-order valence-corrected chi connectivity index (χ2v) is 2.67. The molecule has 0 atom stereocenters. The molecule has 0 unspecified atom stereocenters. The lowest BCUT2D eigenvalue weighted by atomic mass is 10.3.